The van der Waals surface area contributed by atoms with Crippen molar-refractivity contribution in [3.05, 3.63) is 59.7 Å². The molecule has 2 unspecified atom stereocenters. The number of hydrogen-bond acceptors (Lipinski definition) is 4. The van der Waals surface area contributed by atoms with Gasteiger partial charge in [-0.25, -0.2) is 0 Å². The van der Waals surface area contributed by atoms with Crippen LogP contribution < -0.4 is 9.47 Å². The van der Waals surface area contributed by atoms with Gasteiger partial charge in [0, 0.05) is 5.41 Å². The van der Waals surface area contributed by atoms with Crippen molar-refractivity contribution in [1.82, 2.24) is 0 Å². The molecule has 3 rings (SSSR count). The average molecular weight is 377 g/mol. The van der Waals surface area contributed by atoms with E-state index in [9.17, 15) is 0 Å². The van der Waals surface area contributed by atoms with Crippen LogP contribution in [-0.2, 0) is 10.2 Å². The van der Waals surface area contributed by atoms with E-state index >= 15 is 0 Å². The molecule has 4 nitrogen and oxygen atoms in total. The average Bonchev–Trinajstić information content (AvgIpc) is 3.49. The van der Waals surface area contributed by atoms with Crippen LogP contribution in [-0.4, -0.2) is 43.0 Å². The highest BCUT2D eigenvalue weighted by atomic mass is 35.5. The van der Waals surface area contributed by atoms with Gasteiger partial charge < -0.3 is 19.3 Å². The molecule has 1 fully saturated rings. The molecule has 1 heterocycles. The summed E-state index contributed by atoms with van der Waals surface area (Å²) in [6.45, 7) is 5.99. The predicted molar refractivity (Wildman–Crippen MR) is 102 cm³/mol. The number of benzene rings is 2. The summed E-state index contributed by atoms with van der Waals surface area (Å²) in [4.78, 5) is 0. The quantitative estimate of drug-likeness (QED) is 0.534. The molecule has 0 spiro atoms. The molecule has 26 heavy (non-hydrogen) atoms. The van der Waals surface area contributed by atoms with Gasteiger partial charge in [0.1, 0.15) is 30.8 Å². The summed E-state index contributed by atoms with van der Waals surface area (Å²) >= 11 is 5.86. The molecule has 1 saturated heterocycles. The van der Waals surface area contributed by atoms with Crippen LogP contribution >= 0.6 is 11.6 Å². The van der Waals surface area contributed by atoms with Gasteiger partial charge in [-0.2, -0.15) is 0 Å². The number of ether oxygens (including phenoxy) is 3. The molecule has 0 radical (unpaired) electrons. The fourth-order valence-corrected chi connectivity index (χ4v) is 2.76. The second-order valence-corrected chi connectivity index (χ2v) is 7.65. The fraction of sp³-hybridized carbons (Fsp3) is 0.429. The van der Waals surface area contributed by atoms with Crippen molar-refractivity contribution < 1.29 is 19.3 Å². The Morgan fingerprint density at radius 1 is 1.04 bits per heavy atom. The van der Waals surface area contributed by atoms with Crippen LogP contribution in [0.3, 0.4) is 0 Å². The van der Waals surface area contributed by atoms with Crippen LogP contribution in [0.15, 0.2) is 48.5 Å². The van der Waals surface area contributed by atoms with Crippen LogP contribution in [0.1, 0.15) is 25.0 Å². The lowest BCUT2D eigenvalue weighted by Crippen LogP contribution is -2.19. The molecule has 0 aromatic heterocycles. The zero-order valence-corrected chi connectivity index (χ0v) is 15.9. The summed E-state index contributed by atoms with van der Waals surface area (Å²) in [7, 11) is 0. The first-order valence-electron chi connectivity index (χ1n) is 8.82. The highest BCUT2D eigenvalue weighted by molar-refractivity contribution is 6.20. The summed E-state index contributed by atoms with van der Waals surface area (Å²) in [5, 5.41) is 8.56. The topological polar surface area (TPSA) is 51.2 Å². The highest BCUT2D eigenvalue weighted by Gasteiger charge is 2.24. The molecule has 0 aliphatic carbocycles. The Kier molecular flexibility index (Phi) is 6.07. The van der Waals surface area contributed by atoms with E-state index in [4.69, 9.17) is 30.9 Å². The first-order valence-corrected chi connectivity index (χ1v) is 9.26. The molecule has 1 aliphatic heterocycles. The third kappa shape index (κ3) is 4.91. The largest absolute Gasteiger partial charge is 0.492 e. The number of alkyl halides is 1. The minimum atomic E-state index is -0.390. The molecule has 2 aromatic carbocycles. The standard InChI is InChI=1S/C21H25ClO4/c1-21(2,15-3-7-18(8-4-15)24-12-17(22)11-23)16-5-9-19(10-6-16)25-13-20-14-26-20/h3-10,17,20,23H,11-14H2,1-2H3. The van der Waals surface area contributed by atoms with Crippen molar-refractivity contribution in [2.75, 3.05) is 26.4 Å². The van der Waals surface area contributed by atoms with E-state index < -0.39 is 5.38 Å². The zero-order chi connectivity index (χ0) is 18.6. The van der Waals surface area contributed by atoms with Crippen LogP contribution in [0, 0.1) is 0 Å². The van der Waals surface area contributed by atoms with E-state index in [1.165, 1.54) is 11.1 Å². The first kappa shape index (κ1) is 19.0. The predicted octanol–water partition coefficient (Wildman–Crippen LogP) is 3.77. The van der Waals surface area contributed by atoms with Crippen LogP contribution in [0.2, 0.25) is 0 Å². The smallest absolute Gasteiger partial charge is 0.119 e. The van der Waals surface area contributed by atoms with Crippen LogP contribution in [0.25, 0.3) is 0 Å². The molecule has 2 aromatic rings. The van der Waals surface area contributed by atoms with Gasteiger partial charge in [-0.1, -0.05) is 38.1 Å². The minimum absolute atomic E-state index is 0.0972. The molecule has 0 amide bonds. The van der Waals surface area contributed by atoms with E-state index in [0.717, 1.165) is 18.1 Å². The summed E-state index contributed by atoms with van der Waals surface area (Å²) in [5.41, 5.74) is 2.26. The SMILES string of the molecule is CC(C)(c1ccc(OCC(Cl)CO)cc1)c1ccc(OCC2CO2)cc1. The Morgan fingerprint density at radius 3 is 2.00 bits per heavy atom. The van der Waals surface area contributed by atoms with Gasteiger partial charge in [-0.05, 0) is 35.4 Å². The Hall–Kier alpha value is -1.75. The van der Waals surface area contributed by atoms with Gasteiger partial charge in [0.2, 0.25) is 0 Å². The third-order valence-electron chi connectivity index (χ3n) is 4.62. The van der Waals surface area contributed by atoms with Gasteiger partial charge in [-0.15, -0.1) is 11.6 Å². The van der Waals surface area contributed by atoms with E-state index in [-0.39, 0.29) is 24.7 Å². The van der Waals surface area contributed by atoms with Crippen LogP contribution in [0.5, 0.6) is 11.5 Å². The van der Waals surface area contributed by atoms with Gasteiger partial charge >= 0.3 is 0 Å². The number of aliphatic hydroxyl groups excluding tert-OH is 1. The lowest BCUT2D eigenvalue weighted by Gasteiger charge is -2.26. The van der Waals surface area contributed by atoms with E-state index in [1.807, 2.05) is 24.3 Å². The molecular weight excluding hydrogens is 352 g/mol. The summed E-state index contributed by atoms with van der Waals surface area (Å²) in [6.07, 6.45) is 0.262. The zero-order valence-electron chi connectivity index (χ0n) is 15.2. The van der Waals surface area contributed by atoms with Crippen molar-refractivity contribution in [2.45, 2.75) is 30.7 Å². The fourth-order valence-electron chi connectivity index (χ4n) is 2.70. The first-order chi connectivity index (χ1) is 12.5. The maximum absolute atomic E-state index is 8.95. The van der Waals surface area contributed by atoms with Crippen LogP contribution in [0.4, 0.5) is 0 Å². The van der Waals surface area contributed by atoms with Crippen molar-refractivity contribution in [1.29, 1.82) is 0 Å². The lowest BCUT2D eigenvalue weighted by atomic mass is 9.78. The number of epoxide rings is 1. The highest BCUT2D eigenvalue weighted by Crippen LogP contribution is 2.33. The van der Waals surface area contributed by atoms with Gasteiger partial charge in [-0.3, -0.25) is 0 Å². The lowest BCUT2D eigenvalue weighted by molar-refractivity contribution is 0.238. The molecule has 1 aliphatic rings. The third-order valence-corrected chi connectivity index (χ3v) is 4.88. The molecule has 2 atom stereocenters. The monoisotopic (exact) mass is 376 g/mol. The Morgan fingerprint density at radius 2 is 1.54 bits per heavy atom. The Balaban J connectivity index is 1.64. The summed E-state index contributed by atoms with van der Waals surface area (Å²) < 4.78 is 16.4. The maximum Gasteiger partial charge on any atom is 0.119 e. The molecule has 0 saturated carbocycles. The van der Waals surface area contributed by atoms with Crippen molar-refractivity contribution >= 4 is 11.6 Å². The molecule has 0 bridgehead atoms. The molecule has 1 N–H and O–H groups in total. The number of hydrogen-bond donors (Lipinski definition) is 1. The molecule has 5 heteroatoms. The summed E-state index contributed by atoms with van der Waals surface area (Å²) in [6, 6.07) is 16.2. The minimum Gasteiger partial charge on any atom is -0.492 e. The van der Waals surface area contributed by atoms with Crippen molar-refractivity contribution in [2.24, 2.45) is 0 Å². The maximum atomic E-state index is 8.95. The second kappa shape index (κ2) is 8.30. The number of aliphatic hydroxyl groups is 1. The number of halogens is 1. The van der Waals surface area contributed by atoms with E-state index in [2.05, 4.69) is 38.1 Å². The van der Waals surface area contributed by atoms with Crippen molar-refractivity contribution in [3.8, 4) is 11.5 Å². The number of rotatable bonds is 9. The van der Waals surface area contributed by atoms with E-state index in [1.54, 1.807) is 0 Å². The molecule has 140 valence electrons. The van der Waals surface area contributed by atoms with Gasteiger partial charge in [0.25, 0.3) is 0 Å². The Bertz CT molecular complexity index is 693. The Labute approximate surface area is 159 Å². The second-order valence-electron chi connectivity index (χ2n) is 7.03. The summed E-state index contributed by atoms with van der Waals surface area (Å²) in [5.74, 6) is 1.61. The van der Waals surface area contributed by atoms with E-state index in [0.29, 0.717) is 6.61 Å². The van der Waals surface area contributed by atoms with Gasteiger partial charge in [0.05, 0.1) is 18.6 Å². The van der Waals surface area contributed by atoms with Gasteiger partial charge in [0.15, 0.2) is 0 Å². The normalized spacial score (nSPS) is 17.6. The molecular formula is C21H25ClO4. The van der Waals surface area contributed by atoms with Crippen molar-refractivity contribution in [3.63, 3.8) is 0 Å².